The van der Waals surface area contributed by atoms with Crippen molar-refractivity contribution in [3.05, 3.63) is 76.9 Å². The maximum atomic E-state index is 12.0. The van der Waals surface area contributed by atoms with Crippen LogP contribution in [0.2, 0.25) is 0 Å². The van der Waals surface area contributed by atoms with Gasteiger partial charge in [0.25, 0.3) is 0 Å². The highest BCUT2D eigenvalue weighted by Gasteiger charge is 2.36. The molecular formula is C17H16N2O3S. The standard InChI is InChI=1S/C17H16N2O3S/c20-16(19-13-6-2-1-3-7-13)18-12-17(21,14-8-4-10-22-14)15-9-5-11-23-15/h1-11,21H,12H2,(H2,18,19,20). The van der Waals surface area contributed by atoms with Gasteiger partial charge in [0.2, 0.25) is 0 Å². The molecule has 0 fully saturated rings. The van der Waals surface area contributed by atoms with E-state index < -0.39 is 11.6 Å². The Hall–Kier alpha value is -2.57. The highest BCUT2D eigenvalue weighted by atomic mass is 32.1. The second kappa shape index (κ2) is 6.68. The zero-order valence-electron chi connectivity index (χ0n) is 12.2. The monoisotopic (exact) mass is 328 g/mol. The van der Waals surface area contributed by atoms with Crippen LogP contribution in [-0.2, 0) is 5.60 Å². The van der Waals surface area contributed by atoms with Gasteiger partial charge in [-0.1, -0.05) is 24.3 Å². The molecule has 0 aliphatic carbocycles. The van der Waals surface area contributed by atoms with Crippen molar-refractivity contribution in [1.29, 1.82) is 0 Å². The first-order chi connectivity index (χ1) is 11.2. The molecule has 0 aliphatic rings. The Balaban J connectivity index is 1.72. The van der Waals surface area contributed by atoms with Crippen LogP contribution in [0.1, 0.15) is 10.6 Å². The summed E-state index contributed by atoms with van der Waals surface area (Å²) in [4.78, 5) is 12.7. The number of hydrogen-bond donors (Lipinski definition) is 3. The fourth-order valence-corrected chi connectivity index (χ4v) is 3.06. The molecule has 2 aromatic heterocycles. The number of urea groups is 1. The van der Waals surface area contributed by atoms with E-state index in [9.17, 15) is 9.90 Å². The van der Waals surface area contributed by atoms with Crippen LogP contribution in [0.4, 0.5) is 10.5 Å². The lowest BCUT2D eigenvalue weighted by molar-refractivity contribution is 0.0628. The third-order valence-electron chi connectivity index (χ3n) is 3.39. The number of thiophene rings is 1. The summed E-state index contributed by atoms with van der Waals surface area (Å²) in [5.74, 6) is 0.389. The first kappa shape index (κ1) is 15.3. The third-order valence-corrected chi connectivity index (χ3v) is 4.41. The van der Waals surface area contributed by atoms with E-state index in [-0.39, 0.29) is 6.54 Å². The van der Waals surface area contributed by atoms with Crippen molar-refractivity contribution in [2.45, 2.75) is 5.60 Å². The molecular weight excluding hydrogens is 312 g/mol. The Bertz CT molecular complexity index is 705. The molecule has 23 heavy (non-hydrogen) atoms. The van der Waals surface area contributed by atoms with Crippen LogP contribution in [0.5, 0.6) is 0 Å². The minimum absolute atomic E-state index is 0.000304. The van der Waals surface area contributed by atoms with Gasteiger partial charge in [-0.15, -0.1) is 11.3 Å². The predicted octanol–water partition coefficient (Wildman–Crippen LogP) is 3.40. The number of carbonyl (C=O) groups is 1. The number of carbonyl (C=O) groups excluding carboxylic acids is 1. The number of hydrogen-bond acceptors (Lipinski definition) is 4. The van der Waals surface area contributed by atoms with Gasteiger partial charge >= 0.3 is 6.03 Å². The van der Waals surface area contributed by atoms with E-state index in [0.29, 0.717) is 16.3 Å². The Morgan fingerprint density at radius 1 is 1.13 bits per heavy atom. The number of aliphatic hydroxyl groups is 1. The largest absolute Gasteiger partial charge is 0.466 e. The fraction of sp³-hybridized carbons (Fsp3) is 0.118. The molecule has 1 unspecified atom stereocenters. The summed E-state index contributed by atoms with van der Waals surface area (Å²) >= 11 is 1.40. The average molecular weight is 328 g/mol. The second-order valence-electron chi connectivity index (χ2n) is 4.99. The summed E-state index contributed by atoms with van der Waals surface area (Å²) in [6.45, 7) is -0.000304. The quantitative estimate of drug-likeness (QED) is 0.672. The van der Waals surface area contributed by atoms with Gasteiger partial charge < -0.3 is 20.2 Å². The molecule has 1 aromatic carbocycles. The van der Waals surface area contributed by atoms with E-state index in [1.54, 1.807) is 24.3 Å². The lowest BCUT2D eigenvalue weighted by Gasteiger charge is -2.25. The Kier molecular flexibility index (Phi) is 4.45. The van der Waals surface area contributed by atoms with E-state index in [1.807, 2.05) is 35.7 Å². The summed E-state index contributed by atoms with van der Waals surface area (Å²) < 4.78 is 5.36. The highest BCUT2D eigenvalue weighted by molar-refractivity contribution is 7.10. The van der Waals surface area contributed by atoms with Gasteiger partial charge in [0, 0.05) is 10.6 Å². The molecule has 3 N–H and O–H groups in total. The number of para-hydroxylation sites is 1. The summed E-state index contributed by atoms with van der Waals surface area (Å²) in [5, 5.41) is 18.3. The van der Waals surface area contributed by atoms with E-state index >= 15 is 0 Å². The van der Waals surface area contributed by atoms with Crippen LogP contribution < -0.4 is 10.6 Å². The van der Waals surface area contributed by atoms with Gasteiger partial charge in [-0.25, -0.2) is 4.79 Å². The molecule has 3 aromatic rings. The number of furan rings is 1. The van der Waals surface area contributed by atoms with E-state index in [1.165, 1.54) is 17.6 Å². The summed E-state index contributed by atoms with van der Waals surface area (Å²) in [5.41, 5.74) is -0.714. The van der Waals surface area contributed by atoms with Crippen molar-refractivity contribution >= 4 is 23.1 Å². The van der Waals surface area contributed by atoms with Gasteiger partial charge in [-0.3, -0.25) is 0 Å². The van der Waals surface area contributed by atoms with E-state index in [2.05, 4.69) is 10.6 Å². The molecule has 6 heteroatoms. The topological polar surface area (TPSA) is 74.5 Å². The third kappa shape index (κ3) is 3.44. The molecule has 2 amide bonds. The van der Waals surface area contributed by atoms with Crippen molar-refractivity contribution in [2.75, 3.05) is 11.9 Å². The number of nitrogens with one attached hydrogen (secondary N) is 2. The number of amides is 2. The molecule has 5 nitrogen and oxygen atoms in total. The lowest BCUT2D eigenvalue weighted by Crippen LogP contribution is -2.42. The molecule has 1 atom stereocenters. The second-order valence-corrected chi connectivity index (χ2v) is 5.94. The van der Waals surface area contributed by atoms with Gasteiger partial charge in [-0.05, 0) is 35.7 Å². The van der Waals surface area contributed by atoms with Gasteiger partial charge in [-0.2, -0.15) is 0 Å². The van der Waals surface area contributed by atoms with Gasteiger partial charge in [0.05, 0.1) is 12.8 Å². The zero-order chi connectivity index (χ0) is 16.1. The number of anilines is 1. The van der Waals surface area contributed by atoms with Crippen LogP contribution in [0.15, 0.2) is 70.7 Å². The highest BCUT2D eigenvalue weighted by Crippen LogP contribution is 2.32. The SMILES string of the molecule is O=C(NCC(O)(c1ccco1)c1cccs1)Nc1ccccc1. The maximum absolute atomic E-state index is 12.0. The van der Waals surface area contributed by atoms with Gasteiger partial charge in [0.15, 0.2) is 5.60 Å². The smallest absolute Gasteiger partial charge is 0.319 e. The minimum Gasteiger partial charge on any atom is -0.466 e. The summed E-state index contributed by atoms with van der Waals surface area (Å²) in [6, 6.07) is 15.8. The molecule has 2 heterocycles. The summed E-state index contributed by atoms with van der Waals surface area (Å²) in [6.07, 6.45) is 1.50. The molecule has 0 radical (unpaired) electrons. The molecule has 0 saturated carbocycles. The van der Waals surface area contributed by atoms with Crippen molar-refractivity contribution in [1.82, 2.24) is 5.32 Å². The Morgan fingerprint density at radius 2 is 1.96 bits per heavy atom. The normalized spacial score (nSPS) is 13.3. The molecule has 118 valence electrons. The van der Waals surface area contributed by atoms with Crippen LogP contribution >= 0.6 is 11.3 Å². The zero-order valence-corrected chi connectivity index (χ0v) is 13.0. The first-order valence-electron chi connectivity index (χ1n) is 7.09. The van der Waals surface area contributed by atoms with E-state index in [4.69, 9.17) is 4.42 Å². The van der Waals surface area contributed by atoms with Crippen molar-refractivity contribution < 1.29 is 14.3 Å². The first-order valence-corrected chi connectivity index (χ1v) is 7.97. The molecule has 0 saturated heterocycles. The minimum atomic E-state index is -1.40. The van der Waals surface area contributed by atoms with Crippen LogP contribution in [0.25, 0.3) is 0 Å². The molecule has 0 bridgehead atoms. The Morgan fingerprint density at radius 3 is 2.61 bits per heavy atom. The van der Waals surface area contributed by atoms with Crippen molar-refractivity contribution in [2.24, 2.45) is 0 Å². The lowest BCUT2D eigenvalue weighted by atomic mass is 9.99. The average Bonchev–Trinajstić information content (AvgIpc) is 3.27. The molecule has 0 spiro atoms. The van der Waals surface area contributed by atoms with Crippen molar-refractivity contribution in [3.63, 3.8) is 0 Å². The van der Waals surface area contributed by atoms with Crippen molar-refractivity contribution in [3.8, 4) is 0 Å². The Labute approximate surface area is 137 Å². The van der Waals surface area contributed by atoms with Crippen LogP contribution in [0.3, 0.4) is 0 Å². The van der Waals surface area contributed by atoms with Crippen LogP contribution in [-0.4, -0.2) is 17.7 Å². The number of benzene rings is 1. The summed E-state index contributed by atoms with van der Waals surface area (Å²) in [7, 11) is 0. The van der Waals surface area contributed by atoms with Crippen LogP contribution in [0, 0.1) is 0 Å². The fourth-order valence-electron chi connectivity index (χ4n) is 2.23. The maximum Gasteiger partial charge on any atom is 0.319 e. The molecule has 0 aliphatic heterocycles. The molecule has 3 rings (SSSR count). The predicted molar refractivity (Wildman–Crippen MR) is 89.5 cm³/mol. The number of rotatable bonds is 5. The van der Waals surface area contributed by atoms with Gasteiger partial charge in [0.1, 0.15) is 5.76 Å². The van der Waals surface area contributed by atoms with E-state index in [0.717, 1.165) is 0 Å².